The third kappa shape index (κ3) is 2.78. The number of hydrogen-bond donors (Lipinski definition) is 0. The zero-order chi connectivity index (χ0) is 14.9. The SMILES string of the molecule is COc1cccc2c1nc(C(C)Cl)n2C(C)CC(C)C. The van der Waals surface area contributed by atoms with Crippen molar-refractivity contribution >= 4 is 22.6 Å². The summed E-state index contributed by atoms with van der Waals surface area (Å²) in [6.07, 6.45) is 1.10. The fourth-order valence-corrected chi connectivity index (χ4v) is 2.96. The molecule has 0 N–H and O–H groups in total. The quantitative estimate of drug-likeness (QED) is 0.729. The number of methoxy groups -OCH3 is 1. The molecule has 2 rings (SSSR count). The number of ether oxygens (including phenoxy) is 1. The summed E-state index contributed by atoms with van der Waals surface area (Å²) in [7, 11) is 1.68. The van der Waals surface area contributed by atoms with Crippen LogP contribution in [-0.4, -0.2) is 16.7 Å². The molecule has 3 nitrogen and oxygen atoms in total. The van der Waals surface area contributed by atoms with Crippen molar-refractivity contribution in [2.45, 2.75) is 45.5 Å². The second-order valence-electron chi connectivity index (χ2n) is 5.76. The summed E-state index contributed by atoms with van der Waals surface area (Å²) in [4.78, 5) is 4.72. The number of benzene rings is 1. The number of aromatic nitrogens is 2. The minimum absolute atomic E-state index is 0.123. The Hall–Kier alpha value is -1.22. The Labute approximate surface area is 125 Å². The molecule has 0 amide bonds. The summed E-state index contributed by atoms with van der Waals surface area (Å²) in [6.45, 7) is 8.66. The molecule has 1 aromatic heterocycles. The van der Waals surface area contributed by atoms with Crippen LogP contribution in [0.2, 0.25) is 0 Å². The number of nitrogens with zero attached hydrogens (tertiary/aromatic N) is 2. The van der Waals surface area contributed by atoms with Gasteiger partial charge < -0.3 is 9.30 Å². The monoisotopic (exact) mass is 294 g/mol. The van der Waals surface area contributed by atoms with Crippen LogP contribution in [0, 0.1) is 5.92 Å². The highest BCUT2D eigenvalue weighted by atomic mass is 35.5. The lowest BCUT2D eigenvalue weighted by Gasteiger charge is -2.20. The molecule has 4 heteroatoms. The fraction of sp³-hybridized carbons (Fsp3) is 0.562. The normalized spacial score (nSPS) is 14.8. The first-order chi connectivity index (χ1) is 9.45. The van der Waals surface area contributed by atoms with E-state index in [1.807, 2.05) is 19.1 Å². The number of alkyl halides is 1. The van der Waals surface area contributed by atoms with E-state index < -0.39 is 0 Å². The molecular formula is C16H23ClN2O. The van der Waals surface area contributed by atoms with Gasteiger partial charge in [-0.2, -0.15) is 0 Å². The van der Waals surface area contributed by atoms with E-state index in [-0.39, 0.29) is 5.38 Å². The van der Waals surface area contributed by atoms with Gasteiger partial charge in [0.1, 0.15) is 17.1 Å². The van der Waals surface area contributed by atoms with Crippen molar-refractivity contribution in [1.82, 2.24) is 9.55 Å². The van der Waals surface area contributed by atoms with Crippen LogP contribution in [0.15, 0.2) is 18.2 Å². The lowest BCUT2D eigenvalue weighted by atomic mass is 10.0. The minimum Gasteiger partial charge on any atom is -0.494 e. The molecule has 2 atom stereocenters. The van der Waals surface area contributed by atoms with Gasteiger partial charge in [-0.15, -0.1) is 11.6 Å². The Morgan fingerprint density at radius 3 is 2.50 bits per heavy atom. The molecule has 2 unspecified atom stereocenters. The van der Waals surface area contributed by atoms with Crippen LogP contribution in [0.25, 0.3) is 11.0 Å². The van der Waals surface area contributed by atoms with Gasteiger partial charge >= 0.3 is 0 Å². The maximum absolute atomic E-state index is 6.33. The van der Waals surface area contributed by atoms with Crippen LogP contribution in [0.5, 0.6) is 5.75 Å². The zero-order valence-corrected chi connectivity index (χ0v) is 13.6. The maximum Gasteiger partial charge on any atom is 0.146 e. The highest BCUT2D eigenvalue weighted by molar-refractivity contribution is 6.20. The van der Waals surface area contributed by atoms with Crippen molar-refractivity contribution < 1.29 is 4.74 Å². The Morgan fingerprint density at radius 1 is 1.25 bits per heavy atom. The van der Waals surface area contributed by atoms with E-state index in [0.29, 0.717) is 12.0 Å². The zero-order valence-electron chi connectivity index (χ0n) is 12.9. The van der Waals surface area contributed by atoms with Gasteiger partial charge in [-0.25, -0.2) is 4.98 Å². The molecule has 0 aliphatic rings. The molecule has 0 saturated heterocycles. The van der Waals surface area contributed by atoms with Crippen LogP contribution in [0.4, 0.5) is 0 Å². The first-order valence-electron chi connectivity index (χ1n) is 7.14. The lowest BCUT2D eigenvalue weighted by molar-refractivity contribution is 0.418. The summed E-state index contributed by atoms with van der Waals surface area (Å²) in [5, 5.41) is -0.123. The van der Waals surface area contributed by atoms with E-state index in [2.05, 4.69) is 31.4 Å². The Kier molecular flexibility index (Phi) is 4.59. The van der Waals surface area contributed by atoms with Crippen molar-refractivity contribution in [2.24, 2.45) is 5.92 Å². The van der Waals surface area contributed by atoms with Crippen LogP contribution < -0.4 is 4.74 Å². The van der Waals surface area contributed by atoms with E-state index >= 15 is 0 Å². The Morgan fingerprint density at radius 2 is 1.95 bits per heavy atom. The largest absolute Gasteiger partial charge is 0.494 e. The third-order valence-corrected chi connectivity index (χ3v) is 3.73. The van der Waals surface area contributed by atoms with E-state index in [1.54, 1.807) is 7.11 Å². The topological polar surface area (TPSA) is 27.1 Å². The Bertz CT molecular complexity index is 589. The minimum atomic E-state index is -0.123. The summed E-state index contributed by atoms with van der Waals surface area (Å²) in [5.74, 6) is 2.35. The molecule has 0 spiro atoms. The number of halogens is 1. The van der Waals surface area contributed by atoms with Gasteiger partial charge in [0.15, 0.2) is 0 Å². The van der Waals surface area contributed by atoms with Gasteiger partial charge in [-0.1, -0.05) is 19.9 Å². The second-order valence-corrected chi connectivity index (χ2v) is 6.42. The van der Waals surface area contributed by atoms with Crippen molar-refractivity contribution in [3.05, 3.63) is 24.0 Å². The summed E-state index contributed by atoms with van der Waals surface area (Å²) in [5.41, 5.74) is 1.99. The van der Waals surface area contributed by atoms with Crippen molar-refractivity contribution in [3.63, 3.8) is 0 Å². The first kappa shape index (κ1) is 15.2. The number of rotatable bonds is 5. The number of imidazole rings is 1. The highest BCUT2D eigenvalue weighted by Crippen LogP contribution is 2.34. The average molecular weight is 295 g/mol. The molecule has 0 saturated carbocycles. The molecule has 0 radical (unpaired) electrons. The number of hydrogen-bond acceptors (Lipinski definition) is 2. The molecule has 1 heterocycles. The van der Waals surface area contributed by atoms with Crippen LogP contribution in [-0.2, 0) is 0 Å². The fourth-order valence-electron chi connectivity index (χ4n) is 2.81. The maximum atomic E-state index is 6.33. The summed E-state index contributed by atoms with van der Waals surface area (Å²) >= 11 is 6.33. The average Bonchev–Trinajstić information content (AvgIpc) is 2.77. The third-order valence-electron chi connectivity index (χ3n) is 3.54. The van der Waals surface area contributed by atoms with E-state index in [1.165, 1.54) is 0 Å². The standard InChI is InChI=1S/C16H23ClN2O/c1-10(2)9-11(3)19-13-7-6-8-14(20-5)15(13)18-16(19)12(4)17/h6-8,10-12H,9H2,1-5H3. The van der Waals surface area contributed by atoms with E-state index in [0.717, 1.165) is 29.0 Å². The van der Waals surface area contributed by atoms with E-state index in [4.69, 9.17) is 21.3 Å². The smallest absolute Gasteiger partial charge is 0.146 e. The molecule has 0 aliphatic carbocycles. The summed E-state index contributed by atoms with van der Waals surface area (Å²) in [6, 6.07) is 6.40. The van der Waals surface area contributed by atoms with Gasteiger partial charge in [0, 0.05) is 6.04 Å². The van der Waals surface area contributed by atoms with Crippen LogP contribution >= 0.6 is 11.6 Å². The lowest BCUT2D eigenvalue weighted by Crippen LogP contribution is -2.12. The van der Waals surface area contributed by atoms with Gasteiger partial charge in [-0.05, 0) is 38.3 Å². The van der Waals surface area contributed by atoms with Gasteiger partial charge in [0.05, 0.1) is 18.0 Å². The highest BCUT2D eigenvalue weighted by Gasteiger charge is 2.21. The van der Waals surface area contributed by atoms with Crippen molar-refractivity contribution in [3.8, 4) is 5.75 Å². The van der Waals surface area contributed by atoms with Crippen LogP contribution in [0.1, 0.15) is 51.4 Å². The predicted octanol–water partition coefficient (Wildman–Crippen LogP) is 4.95. The molecule has 1 aromatic carbocycles. The summed E-state index contributed by atoms with van der Waals surface area (Å²) < 4.78 is 7.68. The van der Waals surface area contributed by atoms with Gasteiger partial charge in [0.2, 0.25) is 0 Å². The van der Waals surface area contributed by atoms with Crippen molar-refractivity contribution in [1.29, 1.82) is 0 Å². The second kappa shape index (κ2) is 6.04. The van der Waals surface area contributed by atoms with Gasteiger partial charge in [-0.3, -0.25) is 0 Å². The Balaban J connectivity index is 2.63. The first-order valence-corrected chi connectivity index (χ1v) is 7.58. The molecule has 0 fully saturated rings. The van der Waals surface area contributed by atoms with E-state index in [9.17, 15) is 0 Å². The molecule has 110 valence electrons. The van der Waals surface area contributed by atoms with Crippen LogP contribution in [0.3, 0.4) is 0 Å². The molecule has 20 heavy (non-hydrogen) atoms. The molecular weight excluding hydrogens is 272 g/mol. The predicted molar refractivity (Wildman–Crippen MR) is 84.7 cm³/mol. The van der Waals surface area contributed by atoms with Gasteiger partial charge in [0.25, 0.3) is 0 Å². The number of para-hydroxylation sites is 1. The van der Waals surface area contributed by atoms with Crippen molar-refractivity contribution in [2.75, 3.05) is 7.11 Å². The molecule has 0 aliphatic heterocycles. The molecule has 2 aromatic rings. The number of fused-ring (bicyclic) bond motifs is 1. The molecule has 0 bridgehead atoms.